The molecule has 0 atom stereocenters. The maximum atomic E-state index is 13.4. The summed E-state index contributed by atoms with van der Waals surface area (Å²) in [7, 11) is 2.00. The third kappa shape index (κ3) is 8.18. The molecule has 0 radical (unpaired) electrons. The number of anilines is 1. The van der Waals surface area contributed by atoms with Gasteiger partial charge in [-0.2, -0.15) is 0 Å². The van der Waals surface area contributed by atoms with E-state index in [9.17, 15) is 14.4 Å². The van der Waals surface area contributed by atoms with Gasteiger partial charge in [0.1, 0.15) is 11.2 Å². The minimum Gasteiger partial charge on any atom is -0.444 e. The number of amides is 2. The Morgan fingerprint density at radius 1 is 1.04 bits per heavy atom. The first kappa shape index (κ1) is 33.3. The highest BCUT2D eigenvalue weighted by Crippen LogP contribution is 2.30. The van der Waals surface area contributed by atoms with Crippen molar-refractivity contribution in [3.05, 3.63) is 109 Å². The minimum atomic E-state index is -0.545. The lowest BCUT2D eigenvalue weighted by atomic mass is 9.88. The predicted molar refractivity (Wildman–Crippen MR) is 185 cm³/mol. The van der Waals surface area contributed by atoms with Gasteiger partial charge in [-0.25, -0.2) is 9.59 Å². The van der Waals surface area contributed by atoms with Crippen LogP contribution in [0.2, 0.25) is 0 Å². The van der Waals surface area contributed by atoms with E-state index in [0.717, 1.165) is 45.1 Å². The summed E-state index contributed by atoms with van der Waals surface area (Å²) in [5, 5.41) is 3.65. The zero-order valence-corrected chi connectivity index (χ0v) is 28.8. The number of carbonyl (C=O) groups is 2. The van der Waals surface area contributed by atoms with Crippen molar-refractivity contribution in [3.8, 4) is 0 Å². The molecule has 4 aromatic rings. The summed E-state index contributed by atoms with van der Waals surface area (Å²) < 4.78 is 12.2. The van der Waals surface area contributed by atoms with Crippen LogP contribution in [-0.4, -0.2) is 42.6 Å². The van der Waals surface area contributed by atoms with Crippen molar-refractivity contribution in [2.24, 2.45) is 0 Å². The van der Waals surface area contributed by atoms with E-state index in [1.807, 2.05) is 88.2 Å². The number of nitrogens with zero attached hydrogens (tertiary/aromatic N) is 2. The predicted octanol–water partition coefficient (Wildman–Crippen LogP) is 7.47. The van der Waals surface area contributed by atoms with Crippen molar-refractivity contribution in [3.63, 3.8) is 0 Å². The third-order valence-corrected chi connectivity index (χ3v) is 9.28. The van der Waals surface area contributed by atoms with Crippen molar-refractivity contribution in [1.82, 2.24) is 10.2 Å². The SMILES string of the molecule is Cc1c(CC(=O)N2CCC(c3cccc(CNC(=O)OC(C)(C)C)c3)CC2)c(=O)oc2cc(N(C)Cc3ccccc3Br)ccc12. The van der Waals surface area contributed by atoms with Crippen LogP contribution in [0.5, 0.6) is 0 Å². The van der Waals surface area contributed by atoms with Crippen molar-refractivity contribution < 1.29 is 18.7 Å². The molecule has 0 spiro atoms. The quantitative estimate of drug-likeness (QED) is 0.193. The fraction of sp³-hybridized carbons (Fsp3) is 0.378. The van der Waals surface area contributed by atoms with E-state index in [1.165, 1.54) is 5.56 Å². The number of alkyl carbamates (subject to hydrolysis) is 1. The Labute approximate surface area is 278 Å². The van der Waals surface area contributed by atoms with E-state index >= 15 is 0 Å². The van der Waals surface area contributed by atoms with E-state index in [0.29, 0.717) is 43.2 Å². The number of rotatable bonds is 8. The van der Waals surface area contributed by atoms with Gasteiger partial charge in [0, 0.05) is 54.8 Å². The maximum Gasteiger partial charge on any atom is 0.407 e. The Hall–Kier alpha value is -4.11. The summed E-state index contributed by atoms with van der Waals surface area (Å²) in [4.78, 5) is 42.5. The molecule has 2 amide bonds. The zero-order chi connectivity index (χ0) is 33.0. The van der Waals surface area contributed by atoms with E-state index in [2.05, 4.69) is 44.3 Å². The first-order chi connectivity index (χ1) is 21.9. The topological polar surface area (TPSA) is 92.1 Å². The second kappa shape index (κ2) is 14.1. The van der Waals surface area contributed by atoms with Gasteiger partial charge >= 0.3 is 11.7 Å². The van der Waals surface area contributed by atoms with Crippen LogP contribution < -0.4 is 15.8 Å². The number of hydrogen-bond acceptors (Lipinski definition) is 6. The number of benzene rings is 3. The van der Waals surface area contributed by atoms with Crippen LogP contribution in [0.25, 0.3) is 11.0 Å². The van der Waals surface area contributed by atoms with Crippen LogP contribution in [-0.2, 0) is 29.0 Å². The number of carbonyl (C=O) groups excluding carboxylic acids is 2. The highest BCUT2D eigenvalue weighted by atomic mass is 79.9. The summed E-state index contributed by atoms with van der Waals surface area (Å²) in [6, 6.07) is 22.2. The Balaban J connectivity index is 1.20. The lowest BCUT2D eigenvalue weighted by Crippen LogP contribution is -2.39. The molecule has 3 aromatic carbocycles. The molecule has 1 aliphatic heterocycles. The average molecular weight is 689 g/mol. The molecule has 1 saturated heterocycles. The molecule has 1 aliphatic rings. The van der Waals surface area contributed by atoms with Gasteiger partial charge in [0.15, 0.2) is 0 Å². The second-order valence-electron chi connectivity index (χ2n) is 13.1. The number of nitrogens with one attached hydrogen (secondary N) is 1. The van der Waals surface area contributed by atoms with Gasteiger partial charge in [0.05, 0.1) is 12.0 Å². The number of ether oxygens (including phenoxy) is 1. The molecule has 0 saturated carbocycles. The monoisotopic (exact) mass is 687 g/mol. The van der Waals surface area contributed by atoms with Crippen LogP contribution in [0, 0.1) is 6.92 Å². The van der Waals surface area contributed by atoms with Crippen LogP contribution in [0.4, 0.5) is 10.5 Å². The fourth-order valence-electron chi connectivity index (χ4n) is 5.97. The minimum absolute atomic E-state index is 0.0181. The second-order valence-corrected chi connectivity index (χ2v) is 13.9. The maximum absolute atomic E-state index is 13.4. The molecule has 5 rings (SSSR count). The molecule has 0 aliphatic carbocycles. The molecule has 1 aromatic heterocycles. The number of aryl methyl sites for hydroxylation is 1. The van der Waals surface area contributed by atoms with Crippen LogP contribution in [0.3, 0.4) is 0 Å². The van der Waals surface area contributed by atoms with E-state index < -0.39 is 17.3 Å². The molecular weight excluding hydrogens is 646 g/mol. The number of piperidine rings is 1. The van der Waals surface area contributed by atoms with E-state index in [-0.39, 0.29) is 12.3 Å². The number of hydrogen-bond donors (Lipinski definition) is 1. The Kier molecular flexibility index (Phi) is 10.2. The Morgan fingerprint density at radius 3 is 2.50 bits per heavy atom. The summed E-state index contributed by atoms with van der Waals surface area (Å²) in [6.45, 7) is 9.72. The van der Waals surface area contributed by atoms with Gasteiger partial charge in [-0.1, -0.05) is 58.4 Å². The Bertz CT molecular complexity index is 1790. The largest absolute Gasteiger partial charge is 0.444 e. The molecule has 242 valence electrons. The van der Waals surface area contributed by atoms with Crippen molar-refractivity contribution >= 4 is 44.6 Å². The summed E-state index contributed by atoms with van der Waals surface area (Å²) >= 11 is 3.61. The van der Waals surface area contributed by atoms with Crippen molar-refractivity contribution in [1.29, 1.82) is 0 Å². The summed E-state index contributed by atoms with van der Waals surface area (Å²) in [5.41, 5.74) is 4.99. The molecular formula is C37H42BrN3O5. The molecule has 0 bridgehead atoms. The highest BCUT2D eigenvalue weighted by molar-refractivity contribution is 9.10. The van der Waals surface area contributed by atoms with Gasteiger partial charge < -0.3 is 24.3 Å². The average Bonchev–Trinajstić information content (AvgIpc) is 3.02. The molecule has 2 heterocycles. The van der Waals surface area contributed by atoms with Crippen LogP contribution in [0.15, 0.2) is 80.4 Å². The molecule has 1 N–H and O–H groups in total. The van der Waals surface area contributed by atoms with Gasteiger partial charge in [-0.15, -0.1) is 0 Å². The van der Waals surface area contributed by atoms with Crippen molar-refractivity contribution in [2.45, 2.75) is 71.6 Å². The zero-order valence-electron chi connectivity index (χ0n) is 27.2. The molecule has 8 nitrogen and oxygen atoms in total. The van der Waals surface area contributed by atoms with Crippen molar-refractivity contribution in [2.75, 3.05) is 25.0 Å². The molecule has 1 fully saturated rings. The van der Waals surface area contributed by atoms with Gasteiger partial charge in [-0.3, -0.25) is 4.79 Å². The Morgan fingerprint density at radius 2 is 1.78 bits per heavy atom. The standard InChI is InChI=1S/C37H42BrN3O5/c1-24-30-14-13-29(40(5)23-28-10-6-7-12-32(28)38)20-33(30)45-35(43)31(24)21-34(42)41-17-15-26(16-18-41)27-11-8-9-25(19-27)22-39-36(44)46-37(2,3)4/h6-14,19-20,26H,15-18,21-23H2,1-5H3,(H,39,44). The first-order valence-electron chi connectivity index (χ1n) is 15.7. The number of halogens is 1. The normalized spacial score (nSPS) is 13.9. The lowest BCUT2D eigenvalue weighted by Gasteiger charge is -2.32. The van der Waals surface area contributed by atoms with E-state index in [1.54, 1.807) is 0 Å². The summed E-state index contributed by atoms with van der Waals surface area (Å²) in [6.07, 6.45) is 1.24. The first-order valence-corrected chi connectivity index (χ1v) is 16.5. The number of fused-ring (bicyclic) bond motifs is 1. The molecule has 0 unspecified atom stereocenters. The lowest BCUT2D eigenvalue weighted by molar-refractivity contribution is -0.131. The van der Waals surface area contributed by atoms with E-state index in [4.69, 9.17) is 9.15 Å². The van der Waals surface area contributed by atoms with Gasteiger partial charge in [0.2, 0.25) is 5.91 Å². The van der Waals surface area contributed by atoms with Crippen LogP contribution >= 0.6 is 15.9 Å². The van der Waals surface area contributed by atoms with Gasteiger partial charge in [0.25, 0.3) is 0 Å². The molecule has 9 heteroatoms. The number of likely N-dealkylation sites (tertiary alicyclic amines) is 1. The fourth-order valence-corrected chi connectivity index (χ4v) is 6.38. The van der Waals surface area contributed by atoms with Gasteiger partial charge in [-0.05, 0) is 86.9 Å². The third-order valence-electron chi connectivity index (χ3n) is 8.51. The highest BCUT2D eigenvalue weighted by Gasteiger charge is 2.26. The smallest absolute Gasteiger partial charge is 0.407 e. The summed E-state index contributed by atoms with van der Waals surface area (Å²) in [5.74, 6) is 0.252. The molecule has 46 heavy (non-hydrogen) atoms. The van der Waals surface area contributed by atoms with Crippen LogP contribution in [0.1, 0.15) is 67.3 Å².